The third kappa shape index (κ3) is 3.75. The molecule has 106 valence electrons. The molecule has 0 saturated carbocycles. The molecule has 1 aromatic heterocycles. The minimum absolute atomic E-state index is 0.0989. The van der Waals surface area contributed by atoms with E-state index in [-0.39, 0.29) is 12.1 Å². The first-order valence-corrected chi connectivity index (χ1v) is 6.88. The quantitative estimate of drug-likeness (QED) is 0.850. The Morgan fingerprint density at radius 3 is 3.30 bits per heavy atom. The number of hydrogen-bond acceptors (Lipinski definition) is 4. The maximum Gasteiger partial charge on any atom is 0.317 e. The summed E-state index contributed by atoms with van der Waals surface area (Å²) in [5.41, 5.74) is 0.504. The Hall–Kier alpha value is -2.00. The van der Waals surface area contributed by atoms with E-state index in [1.807, 2.05) is 6.07 Å². The summed E-state index contributed by atoms with van der Waals surface area (Å²) >= 11 is 5.52. The lowest BCUT2D eigenvalue weighted by Gasteiger charge is -2.17. The van der Waals surface area contributed by atoms with Crippen molar-refractivity contribution < 1.29 is 9.53 Å². The van der Waals surface area contributed by atoms with E-state index in [9.17, 15) is 4.79 Å². The van der Waals surface area contributed by atoms with E-state index in [1.165, 1.54) is 6.20 Å². The van der Waals surface area contributed by atoms with Crippen LogP contribution in [0.5, 0.6) is 5.88 Å². The predicted octanol–water partition coefficient (Wildman–Crippen LogP) is 1.35. The van der Waals surface area contributed by atoms with E-state index in [0.717, 1.165) is 6.42 Å². The van der Waals surface area contributed by atoms with Crippen molar-refractivity contribution in [2.24, 2.45) is 0 Å². The van der Waals surface area contributed by atoms with Crippen molar-refractivity contribution in [3.8, 4) is 11.9 Å². The Labute approximate surface area is 122 Å². The lowest BCUT2D eigenvalue weighted by Crippen LogP contribution is -2.40. The van der Waals surface area contributed by atoms with E-state index in [4.69, 9.17) is 21.6 Å². The van der Waals surface area contributed by atoms with Crippen LogP contribution in [0, 0.1) is 11.3 Å². The van der Waals surface area contributed by atoms with Crippen LogP contribution in [0.25, 0.3) is 0 Å². The van der Waals surface area contributed by atoms with Crippen molar-refractivity contribution in [3.63, 3.8) is 0 Å². The van der Waals surface area contributed by atoms with Crippen LogP contribution in [-0.2, 0) is 0 Å². The summed E-state index contributed by atoms with van der Waals surface area (Å²) in [5.74, 6) is 0.807. The van der Waals surface area contributed by atoms with Gasteiger partial charge in [-0.05, 0) is 6.07 Å². The molecule has 1 aliphatic rings. The predicted molar refractivity (Wildman–Crippen MR) is 73.7 cm³/mol. The fraction of sp³-hybridized carbons (Fsp3) is 0.462. The number of ether oxygens (including phenoxy) is 1. The van der Waals surface area contributed by atoms with Crippen LogP contribution in [0.3, 0.4) is 0 Å². The molecule has 2 rings (SSSR count). The first kappa shape index (κ1) is 14.4. The smallest absolute Gasteiger partial charge is 0.317 e. The number of nitrogens with zero attached hydrogens (tertiary/aromatic N) is 3. The highest BCUT2D eigenvalue weighted by Crippen LogP contribution is 2.17. The van der Waals surface area contributed by atoms with Crippen LogP contribution in [0.4, 0.5) is 4.79 Å². The SMILES string of the molecule is N#Cc1ccnc(OC2CCN(C(=O)NCCCl)C2)c1. The highest BCUT2D eigenvalue weighted by molar-refractivity contribution is 6.18. The number of hydrogen-bond donors (Lipinski definition) is 1. The van der Waals surface area contributed by atoms with Gasteiger partial charge in [0, 0.05) is 37.7 Å². The number of halogens is 1. The topological polar surface area (TPSA) is 78.2 Å². The maximum absolute atomic E-state index is 11.7. The molecule has 1 fully saturated rings. The van der Waals surface area contributed by atoms with E-state index in [1.54, 1.807) is 17.0 Å². The molecule has 2 amide bonds. The van der Waals surface area contributed by atoms with Crippen molar-refractivity contribution in [2.45, 2.75) is 12.5 Å². The summed E-state index contributed by atoms with van der Waals surface area (Å²) in [4.78, 5) is 17.5. The molecule has 1 aromatic rings. The molecule has 0 spiro atoms. The van der Waals surface area contributed by atoms with E-state index < -0.39 is 0 Å². The molecule has 0 aromatic carbocycles. The van der Waals surface area contributed by atoms with E-state index >= 15 is 0 Å². The Morgan fingerprint density at radius 1 is 1.70 bits per heavy atom. The minimum Gasteiger partial charge on any atom is -0.472 e. The molecular weight excluding hydrogens is 280 g/mol. The molecule has 2 heterocycles. The summed E-state index contributed by atoms with van der Waals surface area (Å²) in [5, 5.41) is 11.5. The zero-order valence-electron chi connectivity index (χ0n) is 10.9. The Balaban J connectivity index is 1.87. The maximum atomic E-state index is 11.7. The number of pyridine rings is 1. The second kappa shape index (κ2) is 6.96. The van der Waals surface area contributed by atoms with Crippen molar-refractivity contribution in [3.05, 3.63) is 23.9 Å². The standard InChI is InChI=1S/C13H15ClN4O2/c14-3-5-17-13(19)18-6-2-11(9-18)20-12-7-10(8-15)1-4-16-12/h1,4,7,11H,2-3,5-6,9H2,(H,17,19). The monoisotopic (exact) mass is 294 g/mol. The molecular formula is C13H15ClN4O2. The van der Waals surface area contributed by atoms with Crippen LogP contribution in [-0.4, -0.2) is 47.5 Å². The fourth-order valence-corrected chi connectivity index (χ4v) is 2.08. The Morgan fingerprint density at radius 2 is 2.55 bits per heavy atom. The van der Waals surface area contributed by atoms with Gasteiger partial charge in [0.15, 0.2) is 0 Å². The second-order valence-corrected chi connectivity index (χ2v) is 4.77. The van der Waals surface area contributed by atoms with Crippen molar-refractivity contribution >= 4 is 17.6 Å². The largest absolute Gasteiger partial charge is 0.472 e. The number of carbonyl (C=O) groups excluding carboxylic acids is 1. The van der Waals surface area contributed by atoms with Gasteiger partial charge >= 0.3 is 6.03 Å². The molecule has 0 radical (unpaired) electrons. The van der Waals surface area contributed by atoms with E-state index in [0.29, 0.717) is 37.0 Å². The molecule has 0 aliphatic carbocycles. The van der Waals surface area contributed by atoms with Crippen molar-refractivity contribution in [1.82, 2.24) is 15.2 Å². The van der Waals surface area contributed by atoms with Gasteiger partial charge in [-0.2, -0.15) is 5.26 Å². The molecule has 6 nitrogen and oxygen atoms in total. The number of likely N-dealkylation sites (tertiary alicyclic amines) is 1. The van der Waals surface area contributed by atoms with Gasteiger partial charge in [0.2, 0.25) is 5.88 Å². The van der Waals surface area contributed by atoms with Gasteiger partial charge in [-0.25, -0.2) is 9.78 Å². The number of nitriles is 1. The molecule has 0 bridgehead atoms. The molecule has 1 N–H and O–H groups in total. The average molecular weight is 295 g/mol. The van der Waals surface area contributed by atoms with Crippen LogP contribution in [0.2, 0.25) is 0 Å². The first-order chi connectivity index (χ1) is 9.72. The summed E-state index contributed by atoms with van der Waals surface area (Å²) in [6.45, 7) is 1.59. The van der Waals surface area contributed by atoms with Gasteiger partial charge in [0.25, 0.3) is 0 Å². The molecule has 1 atom stereocenters. The highest BCUT2D eigenvalue weighted by atomic mass is 35.5. The van der Waals surface area contributed by atoms with Gasteiger partial charge in [0.1, 0.15) is 6.10 Å². The molecule has 7 heteroatoms. The molecule has 1 saturated heterocycles. The van der Waals surface area contributed by atoms with Crippen molar-refractivity contribution in [1.29, 1.82) is 5.26 Å². The number of alkyl halides is 1. The summed E-state index contributed by atoms with van der Waals surface area (Å²) in [6, 6.07) is 5.12. The van der Waals surface area contributed by atoms with Gasteiger partial charge in [-0.1, -0.05) is 0 Å². The average Bonchev–Trinajstić information content (AvgIpc) is 2.93. The molecule has 20 heavy (non-hydrogen) atoms. The molecule has 1 aliphatic heterocycles. The number of aromatic nitrogens is 1. The summed E-state index contributed by atoms with van der Waals surface area (Å²) in [6.07, 6.45) is 2.18. The van der Waals surface area contributed by atoms with Crippen LogP contribution in [0.15, 0.2) is 18.3 Å². The van der Waals surface area contributed by atoms with Gasteiger partial charge in [-0.3, -0.25) is 0 Å². The zero-order valence-corrected chi connectivity index (χ0v) is 11.6. The van der Waals surface area contributed by atoms with Crippen LogP contribution in [0.1, 0.15) is 12.0 Å². The lowest BCUT2D eigenvalue weighted by molar-refractivity contribution is 0.183. The third-order valence-corrected chi connectivity index (χ3v) is 3.14. The normalized spacial score (nSPS) is 17.6. The van der Waals surface area contributed by atoms with Gasteiger partial charge in [0.05, 0.1) is 18.2 Å². The lowest BCUT2D eigenvalue weighted by atomic mass is 10.3. The number of rotatable bonds is 4. The van der Waals surface area contributed by atoms with Gasteiger partial charge in [-0.15, -0.1) is 11.6 Å². The first-order valence-electron chi connectivity index (χ1n) is 6.34. The highest BCUT2D eigenvalue weighted by Gasteiger charge is 2.27. The van der Waals surface area contributed by atoms with Crippen LogP contribution < -0.4 is 10.1 Å². The number of nitrogens with one attached hydrogen (secondary N) is 1. The van der Waals surface area contributed by atoms with Gasteiger partial charge < -0.3 is 15.0 Å². The summed E-state index contributed by atoms with van der Waals surface area (Å²) in [7, 11) is 0. The fourth-order valence-electron chi connectivity index (χ4n) is 1.99. The Kier molecular flexibility index (Phi) is 5.02. The number of carbonyl (C=O) groups is 1. The van der Waals surface area contributed by atoms with Crippen molar-refractivity contribution in [2.75, 3.05) is 25.5 Å². The van der Waals surface area contributed by atoms with E-state index in [2.05, 4.69) is 10.3 Å². The summed E-state index contributed by atoms with van der Waals surface area (Å²) < 4.78 is 5.69. The third-order valence-electron chi connectivity index (χ3n) is 2.95. The molecule has 1 unspecified atom stereocenters. The Bertz CT molecular complexity index is 517. The minimum atomic E-state index is -0.129. The number of amides is 2. The zero-order chi connectivity index (χ0) is 14.4. The van der Waals surface area contributed by atoms with Crippen LogP contribution >= 0.6 is 11.6 Å². The number of urea groups is 1. The second-order valence-electron chi connectivity index (χ2n) is 4.39.